The van der Waals surface area contributed by atoms with E-state index in [9.17, 15) is 23.1 Å². The second kappa shape index (κ2) is 13.1. The van der Waals surface area contributed by atoms with Crippen LogP contribution >= 0.6 is 0 Å². The second-order valence-corrected chi connectivity index (χ2v) is 12.4. The number of benzene rings is 5. The lowest BCUT2D eigenvalue weighted by Gasteiger charge is -2.09. The van der Waals surface area contributed by atoms with Crippen LogP contribution in [0.25, 0.3) is 33.8 Å². The van der Waals surface area contributed by atoms with Crippen LogP contribution in [0.3, 0.4) is 0 Å². The summed E-state index contributed by atoms with van der Waals surface area (Å²) in [7, 11) is -4.02. The first-order valence-corrected chi connectivity index (χ1v) is 16.2. The number of hydrogen-bond acceptors (Lipinski definition) is 5. The van der Waals surface area contributed by atoms with Gasteiger partial charge in [0.2, 0.25) is 0 Å². The van der Waals surface area contributed by atoms with Crippen molar-refractivity contribution in [2.24, 2.45) is 0 Å². The van der Waals surface area contributed by atoms with E-state index >= 15 is 0 Å². The zero-order chi connectivity index (χ0) is 32.1. The molecule has 0 aliphatic heterocycles. The lowest BCUT2D eigenvalue weighted by molar-refractivity contribution is 0.0690. The Hall–Kier alpha value is -5.67. The number of sulfonamides is 1. The number of carbonyl (C=O) groups excluding carboxylic acids is 1. The first-order chi connectivity index (χ1) is 22.3. The van der Waals surface area contributed by atoms with Gasteiger partial charge in [-0.15, -0.1) is 0 Å². The van der Waals surface area contributed by atoms with E-state index in [0.29, 0.717) is 36.1 Å². The normalized spacial score (nSPS) is 11.7. The Labute approximate surface area is 266 Å². The van der Waals surface area contributed by atoms with Gasteiger partial charge in [0.05, 0.1) is 17.0 Å². The first kappa shape index (κ1) is 30.4. The van der Waals surface area contributed by atoms with Crippen LogP contribution in [0.15, 0.2) is 120 Å². The van der Waals surface area contributed by atoms with Crippen LogP contribution < -0.4 is 9.46 Å². The van der Waals surface area contributed by atoms with Gasteiger partial charge in [0.25, 0.3) is 15.9 Å². The first-order valence-electron chi connectivity index (χ1n) is 14.7. The fraction of sp³-hybridized carbons (Fsp3) is 0.0811. The third kappa shape index (κ3) is 6.55. The molecule has 230 valence electrons. The largest absolute Gasteiger partial charge is 0.493 e. The van der Waals surface area contributed by atoms with Crippen LogP contribution in [0, 0.1) is 0 Å². The van der Waals surface area contributed by atoms with Crippen LogP contribution in [0.2, 0.25) is 0 Å². The number of aromatic nitrogens is 1. The number of ether oxygens (including phenoxy) is 1. The van der Waals surface area contributed by atoms with Crippen LogP contribution in [-0.2, 0) is 16.4 Å². The Morgan fingerprint density at radius 3 is 2.35 bits per heavy atom. The molecule has 0 fully saturated rings. The summed E-state index contributed by atoms with van der Waals surface area (Å²) in [6.07, 6.45) is 4.74. The average Bonchev–Trinajstić information content (AvgIpc) is 3.45. The van der Waals surface area contributed by atoms with Crippen molar-refractivity contribution in [3.05, 3.63) is 143 Å². The summed E-state index contributed by atoms with van der Waals surface area (Å²) >= 11 is 0. The molecule has 5 aromatic carbocycles. The van der Waals surface area contributed by atoms with Crippen molar-refractivity contribution in [3.8, 4) is 5.75 Å². The van der Waals surface area contributed by atoms with E-state index in [-0.39, 0.29) is 16.2 Å². The third-order valence-electron chi connectivity index (χ3n) is 7.65. The maximum atomic E-state index is 12.8. The fourth-order valence-electron chi connectivity index (χ4n) is 5.44. The molecular weight excluding hydrogens is 600 g/mol. The zero-order valence-electron chi connectivity index (χ0n) is 24.6. The molecule has 0 spiro atoms. The van der Waals surface area contributed by atoms with Gasteiger partial charge in [0.15, 0.2) is 0 Å². The molecule has 0 unspecified atom stereocenters. The third-order valence-corrected chi connectivity index (χ3v) is 9.00. The van der Waals surface area contributed by atoms with Gasteiger partial charge in [0, 0.05) is 16.3 Å². The highest BCUT2D eigenvalue weighted by molar-refractivity contribution is 7.90. The van der Waals surface area contributed by atoms with Gasteiger partial charge in [-0.1, -0.05) is 97.1 Å². The molecular formula is C37H30N2O6S. The molecule has 0 saturated heterocycles. The summed E-state index contributed by atoms with van der Waals surface area (Å²) < 4.78 is 33.4. The lowest BCUT2D eigenvalue weighted by atomic mass is 10.0. The van der Waals surface area contributed by atoms with Crippen molar-refractivity contribution in [1.82, 2.24) is 9.71 Å². The molecule has 1 heterocycles. The Kier molecular flexibility index (Phi) is 8.67. The molecule has 46 heavy (non-hydrogen) atoms. The molecule has 8 nitrogen and oxygen atoms in total. The summed E-state index contributed by atoms with van der Waals surface area (Å²) in [6.45, 7) is 0.426. The van der Waals surface area contributed by atoms with Gasteiger partial charge in [-0.25, -0.2) is 17.9 Å². The van der Waals surface area contributed by atoms with Gasteiger partial charge in [-0.2, -0.15) is 0 Å². The summed E-state index contributed by atoms with van der Waals surface area (Å²) in [5, 5.41) is 12.9. The second-order valence-electron chi connectivity index (χ2n) is 10.7. The SMILES string of the molecule is O=C(NS(=O)(=O)c1ccccc1)c1cccc(/C=C/c2cccc3c(CCCOc4cccc5ccccc45)c(C(=O)O)[nH]c23)c1. The minimum Gasteiger partial charge on any atom is -0.493 e. The van der Waals surface area contributed by atoms with Crippen LogP contribution in [0.5, 0.6) is 5.75 Å². The maximum absolute atomic E-state index is 12.8. The molecule has 1 amide bonds. The monoisotopic (exact) mass is 630 g/mol. The van der Waals surface area contributed by atoms with Gasteiger partial charge in [0.1, 0.15) is 11.4 Å². The van der Waals surface area contributed by atoms with E-state index in [1.54, 1.807) is 42.5 Å². The van der Waals surface area contributed by atoms with Gasteiger partial charge in [-0.05, 0) is 65.3 Å². The number of aromatic carboxylic acids is 1. The summed E-state index contributed by atoms with van der Waals surface area (Å²) in [4.78, 5) is 28.1. The van der Waals surface area contributed by atoms with E-state index in [1.807, 2.05) is 66.7 Å². The molecule has 3 N–H and O–H groups in total. The molecule has 1 aromatic heterocycles. The van der Waals surface area contributed by atoms with Gasteiger partial charge in [-0.3, -0.25) is 4.79 Å². The fourth-order valence-corrected chi connectivity index (χ4v) is 6.43. The summed E-state index contributed by atoms with van der Waals surface area (Å²) in [5.41, 5.74) is 3.14. The number of para-hydroxylation sites is 1. The zero-order valence-corrected chi connectivity index (χ0v) is 25.5. The topological polar surface area (TPSA) is 126 Å². The highest BCUT2D eigenvalue weighted by atomic mass is 32.2. The molecule has 0 aliphatic rings. The Morgan fingerprint density at radius 2 is 1.52 bits per heavy atom. The number of hydrogen-bond donors (Lipinski definition) is 3. The molecule has 0 atom stereocenters. The molecule has 0 bridgehead atoms. The van der Waals surface area contributed by atoms with Gasteiger partial charge < -0.3 is 14.8 Å². The maximum Gasteiger partial charge on any atom is 0.352 e. The standard InChI is InChI=1S/C37H30N2O6S/c40-36(39-46(43,44)29-15-2-1-3-16-29)28-14-6-10-25(24-28)21-22-27-13-7-18-31-32(35(37(41)42)38-34(27)31)19-9-23-45-33-20-8-12-26-11-4-5-17-30(26)33/h1-8,10-18,20-22,24,38H,9,19,23H2,(H,39,40)(H,41,42)/b22-21+. The molecule has 6 aromatic rings. The predicted octanol–water partition coefficient (Wildman–Crippen LogP) is 7.32. The highest BCUT2D eigenvalue weighted by Gasteiger charge is 2.19. The minimum absolute atomic E-state index is 0.00381. The number of rotatable bonds is 11. The van der Waals surface area contributed by atoms with E-state index in [4.69, 9.17) is 4.74 Å². The van der Waals surface area contributed by atoms with Crippen molar-refractivity contribution >= 4 is 55.7 Å². The predicted molar refractivity (Wildman–Crippen MR) is 179 cm³/mol. The van der Waals surface area contributed by atoms with Crippen molar-refractivity contribution in [3.63, 3.8) is 0 Å². The number of fused-ring (bicyclic) bond motifs is 2. The quantitative estimate of drug-likeness (QED) is 0.102. The summed E-state index contributed by atoms with van der Waals surface area (Å²) in [6, 6.07) is 33.8. The van der Waals surface area contributed by atoms with Crippen molar-refractivity contribution in [2.45, 2.75) is 17.7 Å². The van der Waals surface area contributed by atoms with E-state index in [2.05, 4.69) is 9.71 Å². The number of aryl methyl sites for hydroxylation is 1. The Morgan fingerprint density at radius 1 is 0.804 bits per heavy atom. The van der Waals surface area contributed by atoms with Gasteiger partial charge >= 0.3 is 5.97 Å². The summed E-state index contributed by atoms with van der Waals surface area (Å²) in [5.74, 6) is -0.992. The molecule has 0 saturated carbocycles. The number of nitrogens with one attached hydrogen (secondary N) is 2. The van der Waals surface area contributed by atoms with Crippen LogP contribution in [0.4, 0.5) is 0 Å². The average molecular weight is 631 g/mol. The lowest BCUT2D eigenvalue weighted by Crippen LogP contribution is -2.30. The minimum atomic E-state index is -4.02. The number of aromatic amines is 1. The number of carbonyl (C=O) groups is 2. The number of H-pyrrole nitrogens is 1. The molecule has 9 heteroatoms. The molecule has 6 rings (SSSR count). The van der Waals surface area contributed by atoms with E-state index < -0.39 is 21.9 Å². The van der Waals surface area contributed by atoms with E-state index in [1.165, 1.54) is 18.2 Å². The highest BCUT2D eigenvalue weighted by Crippen LogP contribution is 2.29. The molecule has 0 aliphatic carbocycles. The number of carboxylic acids is 1. The smallest absolute Gasteiger partial charge is 0.352 e. The van der Waals surface area contributed by atoms with Crippen molar-refractivity contribution in [1.29, 1.82) is 0 Å². The van der Waals surface area contributed by atoms with Crippen molar-refractivity contribution in [2.75, 3.05) is 6.61 Å². The van der Waals surface area contributed by atoms with Crippen LogP contribution in [0.1, 0.15) is 44.0 Å². The number of carboxylic acid groups (broad SMARTS) is 1. The number of amides is 1. The molecule has 0 radical (unpaired) electrons. The Bertz CT molecular complexity index is 2200. The Balaban J connectivity index is 1.18. The van der Waals surface area contributed by atoms with Crippen LogP contribution in [-0.4, -0.2) is 37.0 Å². The van der Waals surface area contributed by atoms with E-state index in [0.717, 1.165) is 27.5 Å². The van der Waals surface area contributed by atoms with Crippen molar-refractivity contribution < 1.29 is 27.9 Å².